The van der Waals surface area contributed by atoms with Crippen molar-refractivity contribution in [3.63, 3.8) is 0 Å². The third-order valence-corrected chi connectivity index (χ3v) is 3.93. The molecule has 0 spiro atoms. The van der Waals surface area contributed by atoms with Gasteiger partial charge in [0, 0.05) is 17.4 Å². The first kappa shape index (κ1) is 17.5. The maximum Gasteiger partial charge on any atom is 0.303 e. The van der Waals surface area contributed by atoms with Crippen molar-refractivity contribution < 1.29 is 9.90 Å². The molecular formula is C16H21BrN2O2. The van der Waals surface area contributed by atoms with Gasteiger partial charge in [0.2, 0.25) is 0 Å². The zero-order valence-corrected chi connectivity index (χ0v) is 13.8. The molecule has 0 saturated carbocycles. The summed E-state index contributed by atoms with van der Waals surface area (Å²) in [5.41, 5.74) is 1.44. The predicted molar refractivity (Wildman–Crippen MR) is 87.2 cm³/mol. The summed E-state index contributed by atoms with van der Waals surface area (Å²) in [4.78, 5) is 10.7. The summed E-state index contributed by atoms with van der Waals surface area (Å²) in [6.45, 7) is 2.87. The monoisotopic (exact) mass is 352 g/mol. The smallest absolute Gasteiger partial charge is 0.303 e. The maximum atomic E-state index is 10.7. The summed E-state index contributed by atoms with van der Waals surface area (Å²) in [5, 5.41) is 21.2. The normalized spacial score (nSPS) is 11.7. The molecule has 5 heteroatoms. The number of anilines is 1. The molecule has 1 atom stereocenters. The van der Waals surface area contributed by atoms with Crippen molar-refractivity contribution >= 4 is 27.6 Å². The van der Waals surface area contributed by atoms with Crippen LogP contribution in [0.2, 0.25) is 0 Å². The van der Waals surface area contributed by atoms with E-state index in [1.165, 1.54) is 0 Å². The Balaban J connectivity index is 2.50. The fraction of sp³-hybridized carbons (Fsp3) is 0.500. The number of nitrogens with one attached hydrogen (secondary N) is 1. The molecule has 1 aromatic rings. The van der Waals surface area contributed by atoms with E-state index < -0.39 is 5.97 Å². The van der Waals surface area contributed by atoms with E-state index >= 15 is 0 Å². The lowest BCUT2D eigenvalue weighted by Crippen LogP contribution is -2.11. The van der Waals surface area contributed by atoms with Crippen LogP contribution in [0.4, 0.5) is 5.69 Å². The zero-order chi connectivity index (χ0) is 15.7. The highest BCUT2D eigenvalue weighted by molar-refractivity contribution is 9.10. The lowest BCUT2D eigenvalue weighted by molar-refractivity contribution is -0.137. The quantitative estimate of drug-likeness (QED) is 0.690. The van der Waals surface area contributed by atoms with E-state index in [0.717, 1.165) is 42.4 Å². The van der Waals surface area contributed by atoms with Gasteiger partial charge >= 0.3 is 5.97 Å². The standard InChI is InChI=1S/C16H21BrN2O2/c1-2-3-12(4-7-16(20)21)8-9-19-15-6-5-14(17)10-13(15)11-18/h5-6,10,12,19H,2-4,7-9H2,1H3,(H,20,21). The fourth-order valence-corrected chi connectivity index (χ4v) is 2.70. The third kappa shape index (κ3) is 6.63. The van der Waals surface area contributed by atoms with E-state index in [2.05, 4.69) is 34.2 Å². The first-order valence-electron chi connectivity index (χ1n) is 7.22. The lowest BCUT2D eigenvalue weighted by atomic mass is 9.94. The first-order chi connectivity index (χ1) is 10.1. The number of aliphatic carboxylic acids is 1. The number of benzene rings is 1. The molecule has 114 valence electrons. The number of nitriles is 1. The molecule has 0 aliphatic heterocycles. The molecular weight excluding hydrogens is 332 g/mol. The van der Waals surface area contributed by atoms with Crippen molar-refractivity contribution in [3.05, 3.63) is 28.2 Å². The van der Waals surface area contributed by atoms with Crippen molar-refractivity contribution in [3.8, 4) is 6.07 Å². The van der Waals surface area contributed by atoms with Crippen molar-refractivity contribution in [2.45, 2.75) is 39.0 Å². The van der Waals surface area contributed by atoms with Gasteiger partial charge in [0.25, 0.3) is 0 Å². The molecule has 1 unspecified atom stereocenters. The van der Waals surface area contributed by atoms with Crippen LogP contribution < -0.4 is 5.32 Å². The molecule has 0 saturated heterocycles. The average Bonchev–Trinajstić information content (AvgIpc) is 2.46. The van der Waals surface area contributed by atoms with E-state index in [1.807, 2.05) is 12.1 Å². The Morgan fingerprint density at radius 3 is 2.81 bits per heavy atom. The minimum Gasteiger partial charge on any atom is -0.481 e. The molecule has 0 aliphatic carbocycles. The Morgan fingerprint density at radius 2 is 2.19 bits per heavy atom. The molecule has 0 aliphatic rings. The number of carboxylic acid groups (broad SMARTS) is 1. The average molecular weight is 353 g/mol. The van der Waals surface area contributed by atoms with Crippen LogP contribution in [-0.2, 0) is 4.79 Å². The van der Waals surface area contributed by atoms with Crippen LogP contribution in [-0.4, -0.2) is 17.6 Å². The van der Waals surface area contributed by atoms with Crippen molar-refractivity contribution in [1.82, 2.24) is 0 Å². The molecule has 0 fully saturated rings. The van der Waals surface area contributed by atoms with Gasteiger partial charge in [0.05, 0.1) is 11.3 Å². The van der Waals surface area contributed by atoms with Crippen LogP contribution in [0, 0.1) is 17.2 Å². The first-order valence-corrected chi connectivity index (χ1v) is 8.01. The van der Waals surface area contributed by atoms with E-state index in [9.17, 15) is 4.79 Å². The largest absolute Gasteiger partial charge is 0.481 e. The van der Waals surface area contributed by atoms with Crippen LogP contribution in [0.1, 0.15) is 44.6 Å². The molecule has 0 heterocycles. The highest BCUT2D eigenvalue weighted by Gasteiger charge is 2.10. The number of hydrogen-bond donors (Lipinski definition) is 2. The van der Waals surface area contributed by atoms with E-state index in [4.69, 9.17) is 10.4 Å². The second-order valence-corrected chi connectivity index (χ2v) is 6.02. The number of nitrogens with zero attached hydrogens (tertiary/aromatic N) is 1. The van der Waals surface area contributed by atoms with Crippen LogP contribution in [0.25, 0.3) is 0 Å². The Bertz CT molecular complexity index is 511. The van der Waals surface area contributed by atoms with Crippen LogP contribution in [0.15, 0.2) is 22.7 Å². The number of halogens is 1. The van der Waals surface area contributed by atoms with E-state index in [-0.39, 0.29) is 6.42 Å². The molecule has 0 bridgehead atoms. The highest BCUT2D eigenvalue weighted by Crippen LogP contribution is 2.22. The second kappa shape index (κ2) is 9.41. The summed E-state index contributed by atoms with van der Waals surface area (Å²) in [6.07, 6.45) is 3.97. The van der Waals surface area contributed by atoms with Crippen LogP contribution >= 0.6 is 15.9 Å². The summed E-state index contributed by atoms with van der Waals surface area (Å²) >= 11 is 3.35. The summed E-state index contributed by atoms with van der Waals surface area (Å²) in [6, 6.07) is 7.74. The third-order valence-electron chi connectivity index (χ3n) is 3.43. The maximum absolute atomic E-state index is 10.7. The van der Waals surface area contributed by atoms with Gasteiger partial charge in [0.1, 0.15) is 6.07 Å². The van der Waals surface area contributed by atoms with Crippen molar-refractivity contribution in [1.29, 1.82) is 5.26 Å². The Kier molecular flexibility index (Phi) is 7.84. The van der Waals surface area contributed by atoms with E-state index in [1.54, 1.807) is 6.07 Å². The van der Waals surface area contributed by atoms with E-state index in [0.29, 0.717) is 11.5 Å². The van der Waals surface area contributed by atoms with Crippen molar-refractivity contribution in [2.75, 3.05) is 11.9 Å². The molecule has 0 aromatic heterocycles. The number of carboxylic acids is 1. The molecule has 21 heavy (non-hydrogen) atoms. The minimum atomic E-state index is -0.733. The van der Waals surface area contributed by atoms with Gasteiger partial charge in [-0.2, -0.15) is 5.26 Å². The van der Waals surface area contributed by atoms with Gasteiger partial charge in [-0.1, -0.05) is 35.7 Å². The zero-order valence-electron chi connectivity index (χ0n) is 12.2. The van der Waals surface area contributed by atoms with Crippen LogP contribution in [0.3, 0.4) is 0 Å². The number of rotatable bonds is 9. The highest BCUT2D eigenvalue weighted by atomic mass is 79.9. The summed E-state index contributed by atoms with van der Waals surface area (Å²) in [5.74, 6) is -0.316. The van der Waals surface area contributed by atoms with Gasteiger partial charge in [-0.05, 0) is 37.0 Å². The Morgan fingerprint density at radius 1 is 1.43 bits per heavy atom. The van der Waals surface area contributed by atoms with Gasteiger partial charge in [-0.15, -0.1) is 0 Å². The van der Waals surface area contributed by atoms with Crippen molar-refractivity contribution in [2.24, 2.45) is 5.92 Å². The lowest BCUT2D eigenvalue weighted by Gasteiger charge is -2.16. The number of carbonyl (C=O) groups is 1. The fourth-order valence-electron chi connectivity index (χ4n) is 2.34. The van der Waals surface area contributed by atoms with Crippen LogP contribution in [0.5, 0.6) is 0 Å². The molecule has 0 amide bonds. The summed E-state index contributed by atoms with van der Waals surface area (Å²) in [7, 11) is 0. The molecule has 2 N–H and O–H groups in total. The van der Waals surface area contributed by atoms with Gasteiger partial charge in [-0.25, -0.2) is 0 Å². The molecule has 1 rings (SSSR count). The summed E-state index contributed by atoms with van der Waals surface area (Å²) < 4.78 is 0.884. The second-order valence-electron chi connectivity index (χ2n) is 5.10. The predicted octanol–water partition coefficient (Wildman–Crippen LogP) is 4.40. The Labute approximate surface area is 134 Å². The molecule has 0 radical (unpaired) electrons. The van der Waals surface area contributed by atoms with Gasteiger partial charge in [0.15, 0.2) is 0 Å². The molecule has 1 aromatic carbocycles. The Hall–Kier alpha value is -1.54. The number of hydrogen-bond acceptors (Lipinski definition) is 3. The topological polar surface area (TPSA) is 73.1 Å². The molecule has 4 nitrogen and oxygen atoms in total. The van der Waals surface area contributed by atoms with Gasteiger partial charge < -0.3 is 10.4 Å². The minimum absolute atomic E-state index is 0.229. The SMILES string of the molecule is CCCC(CCNc1ccc(Br)cc1C#N)CCC(=O)O. The van der Waals surface area contributed by atoms with Gasteiger partial charge in [-0.3, -0.25) is 4.79 Å².